The fourth-order valence-electron chi connectivity index (χ4n) is 5.24. The predicted molar refractivity (Wildman–Crippen MR) is 125 cm³/mol. The van der Waals surface area contributed by atoms with Crippen LogP contribution in [0.1, 0.15) is 36.1 Å². The summed E-state index contributed by atoms with van der Waals surface area (Å²) in [5, 5.41) is 37.8. The maximum Gasteiger partial charge on any atom is 0.380 e. The third-order valence-corrected chi connectivity index (χ3v) is 10.6. The van der Waals surface area contributed by atoms with Crippen LogP contribution in [0.15, 0.2) is 51.5 Å². The molecule has 0 bridgehead atoms. The molecule has 13 heteroatoms. The fraction of sp³-hybridized carbons (Fsp3) is 0.280. The van der Waals surface area contributed by atoms with Crippen molar-refractivity contribution in [3.63, 3.8) is 0 Å². The van der Waals surface area contributed by atoms with Crippen molar-refractivity contribution in [2.45, 2.75) is 41.1 Å². The van der Waals surface area contributed by atoms with Gasteiger partial charge in [0.25, 0.3) is 0 Å². The van der Waals surface area contributed by atoms with Gasteiger partial charge in [-0.3, -0.25) is 0 Å². The summed E-state index contributed by atoms with van der Waals surface area (Å²) < 4.78 is 86.8. The highest BCUT2D eigenvalue weighted by Crippen LogP contribution is 2.74. The molecule has 1 saturated carbocycles. The lowest BCUT2D eigenvalue weighted by molar-refractivity contribution is -0.258. The van der Waals surface area contributed by atoms with Gasteiger partial charge in [-0.15, -0.1) is 23.5 Å². The molecule has 1 aromatic carbocycles. The molecule has 2 aliphatic heterocycles. The lowest BCUT2D eigenvalue weighted by Gasteiger charge is -2.47. The Kier molecular flexibility index (Phi) is 5.13. The lowest BCUT2D eigenvalue weighted by atomic mass is 9.71. The fourth-order valence-corrected chi connectivity index (χ4v) is 8.20. The van der Waals surface area contributed by atoms with Crippen molar-refractivity contribution >= 4 is 34.4 Å². The first-order chi connectivity index (χ1) is 17.5. The summed E-state index contributed by atoms with van der Waals surface area (Å²) in [6.45, 7) is 2.70. The number of fused-ring (bicyclic) bond motifs is 4. The summed E-state index contributed by atoms with van der Waals surface area (Å²) in [5.74, 6) is -17.9. The van der Waals surface area contributed by atoms with E-state index in [4.69, 9.17) is 0 Å². The molecule has 1 aromatic rings. The molecule has 0 spiro atoms. The minimum atomic E-state index is -5.79. The van der Waals surface area contributed by atoms with E-state index in [1.165, 1.54) is 26.0 Å². The SMILES string of the molecule is C[C@@]12SC(C(=O)O)=CC1=C1C(=C3C=C(c4cc(C#N)c(C#N)c(C#N)c4)S[C@]32C)C(F)(F)C(F)(F)C1(F)F. The number of alkyl halides is 6. The highest BCUT2D eigenvalue weighted by Gasteiger charge is 2.84. The van der Waals surface area contributed by atoms with Gasteiger partial charge in [-0.2, -0.15) is 42.1 Å². The van der Waals surface area contributed by atoms with Crippen molar-refractivity contribution in [1.29, 1.82) is 15.8 Å². The van der Waals surface area contributed by atoms with Crippen LogP contribution in [0.5, 0.6) is 0 Å². The monoisotopic (exact) mass is 563 g/mol. The van der Waals surface area contributed by atoms with Crippen LogP contribution in [0, 0.1) is 34.0 Å². The van der Waals surface area contributed by atoms with Gasteiger partial charge in [0.1, 0.15) is 18.2 Å². The van der Waals surface area contributed by atoms with E-state index in [-0.39, 0.29) is 27.2 Å². The summed E-state index contributed by atoms with van der Waals surface area (Å²) in [6.07, 6.45) is 1.79. The van der Waals surface area contributed by atoms with Crippen molar-refractivity contribution in [2.24, 2.45) is 0 Å². The third kappa shape index (κ3) is 2.77. The molecule has 0 aromatic heterocycles. The van der Waals surface area contributed by atoms with Gasteiger partial charge in [0.05, 0.1) is 31.1 Å². The van der Waals surface area contributed by atoms with Crippen molar-refractivity contribution in [3.05, 3.63) is 73.7 Å². The average Bonchev–Trinajstić information content (AvgIpc) is 3.43. The number of benzene rings is 1. The molecule has 2 heterocycles. The van der Waals surface area contributed by atoms with E-state index >= 15 is 17.6 Å². The Morgan fingerprint density at radius 3 is 1.74 bits per heavy atom. The number of thioether (sulfide) groups is 2. The van der Waals surface area contributed by atoms with E-state index in [0.717, 1.165) is 23.9 Å². The summed E-state index contributed by atoms with van der Waals surface area (Å²) in [6, 6.07) is 7.68. The largest absolute Gasteiger partial charge is 0.477 e. The quantitative estimate of drug-likeness (QED) is 0.430. The minimum Gasteiger partial charge on any atom is -0.477 e. The number of hydrogen-bond donors (Lipinski definition) is 1. The van der Waals surface area contributed by atoms with Crippen molar-refractivity contribution in [1.82, 2.24) is 0 Å². The van der Waals surface area contributed by atoms with E-state index in [1.54, 1.807) is 18.2 Å². The number of allylic oxidation sites excluding steroid dienone is 4. The van der Waals surface area contributed by atoms with Crippen LogP contribution < -0.4 is 0 Å². The van der Waals surface area contributed by atoms with E-state index in [1.807, 2.05) is 0 Å². The molecule has 2 aliphatic carbocycles. The van der Waals surface area contributed by atoms with Gasteiger partial charge in [-0.05, 0) is 54.8 Å². The first-order valence-corrected chi connectivity index (χ1v) is 12.2. The number of rotatable bonds is 2. The zero-order chi connectivity index (χ0) is 28.2. The van der Waals surface area contributed by atoms with Gasteiger partial charge in [-0.25, -0.2) is 4.79 Å². The van der Waals surface area contributed by atoms with E-state index < -0.39 is 60.4 Å². The Morgan fingerprint density at radius 2 is 1.29 bits per heavy atom. The molecule has 1 fully saturated rings. The number of carbonyl (C=O) groups is 1. The number of carboxylic acid groups (broad SMARTS) is 1. The van der Waals surface area contributed by atoms with Crippen LogP contribution >= 0.6 is 23.5 Å². The number of nitriles is 3. The second-order valence-electron chi connectivity index (χ2n) is 9.18. The Hall–Kier alpha value is -3.60. The normalized spacial score (nSPS) is 29.4. The maximum absolute atomic E-state index is 15.2. The van der Waals surface area contributed by atoms with E-state index in [9.17, 15) is 34.5 Å². The summed E-state index contributed by atoms with van der Waals surface area (Å²) >= 11 is 1.43. The second kappa shape index (κ2) is 7.49. The number of halogens is 6. The van der Waals surface area contributed by atoms with Crippen LogP contribution in [-0.4, -0.2) is 38.3 Å². The average molecular weight is 564 g/mol. The lowest BCUT2D eigenvalue weighted by Crippen LogP contribution is -2.49. The number of carboxylic acids is 1. The molecule has 0 amide bonds. The molecule has 4 aliphatic rings. The van der Waals surface area contributed by atoms with Gasteiger partial charge in [0.15, 0.2) is 0 Å². The van der Waals surface area contributed by atoms with Gasteiger partial charge in [0, 0.05) is 16.1 Å². The first kappa shape index (κ1) is 26.0. The van der Waals surface area contributed by atoms with Crippen LogP contribution in [0.25, 0.3) is 4.91 Å². The molecule has 5 rings (SSSR count). The smallest absolute Gasteiger partial charge is 0.380 e. The molecular formula is C25H11F6N3O2S2. The minimum absolute atomic E-state index is 0.0908. The van der Waals surface area contributed by atoms with Gasteiger partial charge in [0.2, 0.25) is 0 Å². The highest BCUT2D eigenvalue weighted by atomic mass is 32.2. The maximum atomic E-state index is 15.2. The molecular weight excluding hydrogens is 552 g/mol. The van der Waals surface area contributed by atoms with Gasteiger partial charge < -0.3 is 5.11 Å². The van der Waals surface area contributed by atoms with Gasteiger partial charge >= 0.3 is 23.7 Å². The zero-order valence-electron chi connectivity index (χ0n) is 19.1. The van der Waals surface area contributed by atoms with Crippen molar-refractivity contribution in [2.75, 3.05) is 0 Å². The highest BCUT2D eigenvalue weighted by molar-refractivity contribution is 8.12. The summed E-state index contributed by atoms with van der Waals surface area (Å²) in [5.41, 5.74) is -4.86. The van der Waals surface area contributed by atoms with Gasteiger partial charge in [-0.1, -0.05) is 0 Å². The number of aliphatic carboxylic acids is 1. The molecule has 5 nitrogen and oxygen atoms in total. The van der Waals surface area contributed by atoms with Crippen LogP contribution in [-0.2, 0) is 4.79 Å². The molecule has 0 unspecified atom stereocenters. The first-order valence-electron chi connectivity index (χ1n) is 10.6. The molecule has 2 atom stereocenters. The summed E-state index contributed by atoms with van der Waals surface area (Å²) in [4.78, 5) is 11.4. The van der Waals surface area contributed by atoms with Crippen molar-refractivity contribution in [3.8, 4) is 18.2 Å². The van der Waals surface area contributed by atoms with Crippen molar-refractivity contribution < 1.29 is 36.2 Å². The molecule has 192 valence electrons. The molecule has 0 radical (unpaired) electrons. The Labute approximate surface area is 219 Å². The zero-order valence-corrected chi connectivity index (χ0v) is 20.7. The van der Waals surface area contributed by atoms with Crippen LogP contribution in [0.2, 0.25) is 0 Å². The Bertz CT molecular complexity index is 1620. The van der Waals surface area contributed by atoms with Crippen LogP contribution in [0.3, 0.4) is 0 Å². The van der Waals surface area contributed by atoms with E-state index in [0.29, 0.717) is 11.8 Å². The Morgan fingerprint density at radius 1 is 0.816 bits per heavy atom. The van der Waals surface area contributed by atoms with Crippen LogP contribution in [0.4, 0.5) is 26.3 Å². The topological polar surface area (TPSA) is 109 Å². The predicted octanol–water partition coefficient (Wildman–Crippen LogP) is 6.15. The Balaban J connectivity index is 1.86. The molecule has 38 heavy (non-hydrogen) atoms. The third-order valence-electron chi connectivity index (χ3n) is 7.31. The standard InChI is InChI=1S/C25H11F6N3O2S2/c1-21-14(5-16(37-21)10-3-11(7-32)13(9-34)12(4-10)8-33)18-19(24(28,29)25(30,31)23(18,26)27)15-6-17(20(35)36)38-22(15,21)2/h3-6H,1-2H3,(H,35,36)/t21-,22-/m1/s1. The molecule has 0 saturated heterocycles. The summed E-state index contributed by atoms with van der Waals surface area (Å²) in [7, 11) is 0. The number of nitrogens with zero attached hydrogens (tertiary/aromatic N) is 3. The van der Waals surface area contributed by atoms with E-state index in [2.05, 4.69) is 0 Å². The molecule has 1 N–H and O–H groups in total. The second-order valence-corrected chi connectivity index (χ2v) is 12.1. The number of hydrogen-bond acceptors (Lipinski definition) is 6.